The summed E-state index contributed by atoms with van der Waals surface area (Å²) in [5.74, 6) is -0.395. The van der Waals surface area contributed by atoms with Gasteiger partial charge in [0.15, 0.2) is 0 Å². The fraction of sp³-hybridized carbons (Fsp3) is 0.0909. The van der Waals surface area contributed by atoms with E-state index in [9.17, 15) is 9.59 Å². The number of carbonyl (C=O) groups is 2. The molecule has 0 spiro atoms. The van der Waals surface area contributed by atoms with Crippen molar-refractivity contribution in [3.63, 3.8) is 0 Å². The molecule has 0 amide bonds. The minimum Gasteiger partial charge on any atom is -0.465 e. The summed E-state index contributed by atoms with van der Waals surface area (Å²) in [6.07, 6.45) is 0.174. The Morgan fingerprint density at radius 2 is 1.38 bits per heavy atom. The van der Waals surface area contributed by atoms with Crippen molar-refractivity contribution in [2.45, 2.75) is 6.42 Å². The van der Waals surface area contributed by atoms with E-state index < -0.39 is 5.97 Å². The molecule has 3 rings (SSSR count). The van der Waals surface area contributed by atoms with Crippen LogP contribution in [0.5, 0.6) is 5.75 Å². The number of hydrogen-bond acceptors (Lipinski definition) is 4. The summed E-state index contributed by atoms with van der Waals surface area (Å²) in [6.45, 7) is 0. The predicted molar refractivity (Wildman–Crippen MR) is 99.0 cm³/mol. The van der Waals surface area contributed by atoms with Crippen LogP contribution in [0, 0.1) is 0 Å². The number of hydrogen-bond donors (Lipinski definition) is 0. The molecule has 3 aromatic carbocycles. The normalized spacial score (nSPS) is 10.2. The lowest BCUT2D eigenvalue weighted by atomic mass is 10.0. The van der Waals surface area contributed by atoms with Crippen LogP contribution in [-0.4, -0.2) is 19.0 Å². The average Bonchev–Trinajstić information content (AvgIpc) is 2.69. The smallest absolute Gasteiger partial charge is 0.337 e. The van der Waals surface area contributed by atoms with Crippen molar-refractivity contribution in [3.8, 4) is 16.9 Å². The maximum absolute atomic E-state index is 12.1. The van der Waals surface area contributed by atoms with Crippen molar-refractivity contribution in [2.75, 3.05) is 7.11 Å². The van der Waals surface area contributed by atoms with Crippen molar-refractivity contribution in [3.05, 3.63) is 90.0 Å². The number of methoxy groups -OCH3 is 1. The molecule has 0 heterocycles. The van der Waals surface area contributed by atoms with E-state index in [0.29, 0.717) is 11.3 Å². The summed E-state index contributed by atoms with van der Waals surface area (Å²) >= 11 is 0. The second-order valence-corrected chi connectivity index (χ2v) is 5.73. The van der Waals surface area contributed by atoms with Gasteiger partial charge in [-0.15, -0.1) is 0 Å². The lowest BCUT2D eigenvalue weighted by Gasteiger charge is -2.06. The zero-order valence-electron chi connectivity index (χ0n) is 14.3. The number of ether oxygens (including phenoxy) is 2. The van der Waals surface area contributed by atoms with Gasteiger partial charge in [0.25, 0.3) is 0 Å². The first kappa shape index (κ1) is 17.4. The van der Waals surface area contributed by atoms with Gasteiger partial charge in [0.2, 0.25) is 0 Å². The Morgan fingerprint density at radius 1 is 0.769 bits per heavy atom. The van der Waals surface area contributed by atoms with Crippen molar-refractivity contribution in [1.82, 2.24) is 0 Å². The van der Waals surface area contributed by atoms with Gasteiger partial charge < -0.3 is 9.47 Å². The van der Waals surface area contributed by atoms with E-state index >= 15 is 0 Å². The van der Waals surface area contributed by atoms with Crippen LogP contribution in [0.2, 0.25) is 0 Å². The minimum atomic E-state index is -0.429. The van der Waals surface area contributed by atoms with Crippen LogP contribution in [0.3, 0.4) is 0 Å². The SMILES string of the molecule is COC(=O)c1ccc(OC(=O)Cc2ccc(-c3ccccc3)cc2)cc1. The lowest BCUT2D eigenvalue weighted by Crippen LogP contribution is -2.11. The van der Waals surface area contributed by atoms with Crippen LogP contribution < -0.4 is 4.74 Å². The van der Waals surface area contributed by atoms with E-state index in [1.807, 2.05) is 54.6 Å². The summed E-state index contributed by atoms with van der Waals surface area (Å²) in [6, 6.07) is 24.1. The molecule has 0 saturated heterocycles. The zero-order chi connectivity index (χ0) is 18.4. The first-order valence-electron chi connectivity index (χ1n) is 8.19. The third kappa shape index (κ3) is 4.36. The molecule has 26 heavy (non-hydrogen) atoms. The summed E-state index contributed by atoms with van der Waals surface area (Å²) < 4.78 is 9.94. The van der Waals surface area contributed by atoms with Gasteiger partial charge in [-0.3, -0.25) is 4.79 Å². The molecule has 4 heteroatoms. The topological polar surface area (TPSA) is 52.6 Å². The molecule has 3 aromatic rings. The van der Waals surface area contributed by atoms with Crippen LogP contribution >= 0.6 is 0 Å². The third-order valence-electron chi connectivity index (χ3n) is 3.92. The largest absolute Gasteiger partial charge is 0.465 e. The Hall–Kier alpha value is -3.40. The van der Waals surface area contributed by atoms with Crippen LogP contribution in [0.4, 0.5) is 0 Å². The Balaban J connectivity index is 1.60. The van der Waals surface area contributed by atoms with Gasteiger partial charge in [0.1, 0.15) is 5.75 Å². The summed E-state index contributed by atoms with van der Waals surface area (Å²) in [4.78, 5) is 23.5. The molecule has 0 aliphatic carbocycles. The van der Waals surface area contributed by atoms with Crippen molar-refractivity contribution in [1.29, 1.82) is 0 Å². The molecule has 0 N–H and O–H groups in total. The summed E-state index contributed by atoms with van der Waals surface area (Å²) in [5.41, 5.74) is 3.51. The van der Waals surface area contributed by atoms with E-state index in [4.69, 9.17) is 4.74 Å². The first-order chi connectivity index (χ1) is 12.7. The molecule has 0 unspecified atom stereocenters. The Bertz CT molecular complexity index is 882. The Kier molecular flexibility index (Phi) is 5.44. The molecule has 0 fully saturated rings. The second-order valence-electron chi connectivity index (χ2n) is 5.73. The molecular weight excluding hydrogens is 328 g/mol. The number of rotatable bonds is 5. The van der Waals surface area contributed by atoms with Crippen LogP contribution in [0.1, 0.15) is 15.9 Å². The van der Waals surface area contributed by atoms with E-state index in [-0.39, 0.29) is 12.4 Å². The molecule has 0 atom stereocenters. The standard InChI is InChI=1S/C22H18O4/c1-25-22(24)19-11-13-20(14-12-19)26-21(23)15-16-7-9-18(10-8-16)17-5-3-2-4-6-17/h2-14H,15H2,1H3. The van der Waals surface area contributed by atoms with Gasteiger partial charge in [-0.25, -0.2) is 4.79 Å². The second kappa shape index (κ2) is 8.12. The number of carbonyl (C=O) groups excluding carboxylic acids is 2. The van der Waals surface area contributed by atoms with Gasteiger partial charge in [-0.1, -0.05) is 54.6 Å². The molecule has 0 bridgehead atoms. The molecule has 0 aliphatic rings. The van der Waals surface area contributed by atoms with Gasteiger partial charge in [0.05, 0.1) is 19.1 Å². The quantitative estimate of drug-likeness (QED) is 0.511. The van der Waals surface area contributed by atoms with Crippen molar-refractivity contribution >= 4 is 11.9 Å². The van der Waals surface area contributed by atoms with Crippen LogP contribution in [0.25, 0.3) is 11.1 Å². The van der Waals surface area contributed by atoms with Gasteiger partial charge in [-0.05, 0) is 41.0 Å². The highest BCUT2D eigenvalue weighted by Gasteiger charge is 2.09. The van der Waals surface area contributed by atoms with Crippen LogP contribution in [0.15, 0.2) is 78.9 Å². The van der Waals surface area contributed by atoms with E-state index in [2.05, 4.69) is 4.74 Å². The molecule has 0 saturated carbocycles. The predicted octanol–water partition coefficient (Wildman–Crippen LogP) is 4.29. The molecule has 0 aliphatic heterocycles. The molecule has 0 radical (unpaired) electrons. The summed E-state index contributed by atoms with van der Waals surface area (Å²) in [5, 5.41) is 0. The maximum Gasteiger partial charge on any atom is 0.337 e. The summed E-state index contributed by atoms with van der Waals surface area (Å²) in [7, 11) is 1.32. The third-order valence-corrected chi connectivity index (χ3v) is 3.92. The maximum atomic E-state index is 12.1. The zero-order valence-corrected chi connectivity index (χ0v) is 14.3. The molecule has 4 nitrogen and oxygen atoms in total. The van der Waals surface area contributed by atoms with Crippen molar-refractivity contribution < 1.29 is 19.1 Å². The van der Waals surface area contributed by atoms with Crippen molar-refractivity contribution in [2.24, 2.45) is 0 Å². The molecular formula is C22H18O4. The number of benzene rings is 3. The Labute approximate surface area is 152 Å². The van der Waals surface area contributed by atoms with Gasteiger partial charge in [0, 0.05) is 0 Å². The average molecular weight is 346 g/mol. The van der Waals surface area contributed by atoms with E-state index in [0.717, 1.165) is 16.7 Å². The van der Waals surface area contributed by atoms with E-state index in [1.165, 1.54) is 7.11 Å². The van der Waals surface area contributed by atoms with Gasteiger partial charge >= 0.3 is 11.9 Å². The molecule has 0 aromatic heterocycles. The minimum absolute atomic E-state index is 0.174. The molecule has 130 valence electrons. The Morgan fingerprint density at radius 3 is 2.00 bits per heavy atom. The highest BCUT2D eigenvalue weighted by molar-refractivity contribution is 5.89. The van der Waals surface area contributed by atoms with Gasteiger partial charge in [-0.2, -0.15) is 0 Å². The van der Waals surface area contributed by atoms with Crippen LogP contribution in [-0.2, 0) is 16.0 Å². The fourth-order valence-electron chi connectivity index (χ4n) is 2.56. The highest BCUT2D eigenvalue weighted by atomic mass is 16.5. The lowest BCUT2D eigenvalue weighted by molar-refractivity contribution is -0.133. The monoisotopic (exact) mass is 346 g/mol. The fourth-order valence-corrected chi connectivity index (χ4v) is 2.56. The highest BCUT2D eigenvalue weighted by Crippen LogP contribution is 2.20. The number of esters is 2. The first-order valence-corrected chi connectivity index (χ1v) is 8.19. The van der Waals surface area contributed by atoms with E-state index in [1.54, 1.807) is 24.3 Å².